The van der Waals surface area contributed by atoms with Crippen molar-refractivity contribution >= 4 is 0 Å². The van der Waals surface area contributed by atoms with Crippen LogP contribution in [0.15, 0.2) is 24.3 Å². The SMILES string of the molecule is CCCNC1(NCCC)Cc2ccccc2CC1C. The molecule has 2 nitrogen and oxygen atoms in total. The van der Waals surface area contributed by atoms with E-state index in [2.05, 4.69) is 55.7 Å². The van der Waals surface area contributed by atoms with Crippen molar-refractivity contribution in [3.05, 3.63) is 35.4 Å². The van der Waals surface area contributed by atoms with E-state index in [-0.39, 0.29) is 5.66 Å². The molecule has 0 saturated carbocycles. The molecule has 2 rings (SSSR count). The molecule has 0 aromatic heterocycles. The summed E-state index contributed by atoms with van der Waals surface area (Å²) in [4.78, 5) is 0. The van der Waals surface area contributed by atoms with E-state index in [9.17, 15) is 0 Å². The third-order valence-electron chi connectivity index (χ3n) is 4.34. The topological polar surface area (TPSA) is 24.1 Å². The Morgan fingerprint density at radius 1 is 1.05 bits per heavy atom. The van der Waals surface area contributed by atoms with E-state index in [0.29, 0.717) is 5.92 Å². The molecular formula is C17H28N2. The third kappa shape index (κ3) is 3.18. The molecule has 0 heterocycles. The first kappa shape index (κ1) is 14.5. The highest BCUT2D eigenvalue weighted by Crippen LogP contribution is 2.31. The largest absolute Gasteiger partial charge is 0.299 e. The van der Waals surface area contributed by atoms with Gasteiger partial charge in [-0.1, -0.05) is 45.0 Å². The van der Waals surface area contributed by atoms with E-state index in [1.807, 2.05) is 0 Å². The van der Waals surface area contributed by atoms with E-state index in [4.69, 9.17) is 0 Å². The van der Waals surface area contributed by atoms with Gasteiger partial charge in [0.1, 0.15) is 0 Å². The zero-order chi connectivity index (χ0) is 13.7. The van der Waals surface area contributed by atoms with Crippen LogP contribution in [0.4, 0.5) is 0 Å². The van der Waals surface area contributed by atoms with Crippen LogP contribution in [0, 0.1) is 5.92 Å². The number of nitrogens with one attached hydrogen (secondary N) is 2. The van der Waals surface area contributed by atoms with Crippen molar-refractivity contribution in [3.63, 3.8) is 0 Å². The second-order valence-corrected chi connectivity index (χ2v) is 5.88. The highest BCUT2D eigenvalue weighted by molar-refractivity contribution is 5.33. The van der Waals surface area contributed by atoms with E-state index in [1.54, 1.807) is 0 Å². The maximum absolute atomic E-state index is 3.80. The standard InChI is InChI=1S/C17H28N2/c1-4-10-18-17(19-11-5-2)13-16-9-7-6-8-15(16)12-14(17)3/h6-9,14,18-19H,4-5,10-13H2,1-3H3. The second kappa shape index (κ2) is 6.53. The molecule has 1 aromatic rings. The Morgan fingerprint density at radius 3 is 2.21 bits per heavy atom. The number of hydrogen-bond donors (Lipinski definition) is 2. The summed E-state index contributed by atoms with van der Waals surface area (Å²) in [6.07, 6.45) is 4.64. The molecule has 1 atom stereocenters. The van der Waals surface area contributed by atoms with Crippen molar-refractivity contribution in [2.45, 2.75) is 52.1 Å². The molecule has 0 radical (unpaired) electrons. The predicted octanol–water partition coefficient (Wildman–Crippen LogP) is 3.12. The molecule has 1 aromatic carbocycles. The van der Waals surface area contributed by atoms with E-state index in [0.717, 1.165) is 19.5 Å². The summed E-state index contributed by atoms with van der Waals surface area (Å²) < 4.78 is 0. The van der Waals surface area contributed by atoms with Gasteiger partial charge in [0.2, 0.25) is 0 Å². The maximum atomic E-state index is 3.80. The van der Waals surface area contributed by atoms with Crippen LogP contribution < -0.4 is 10.6 Å². The van der Waals surface area contributed by atoms with Crippen LogP contribution in [0.25, 0.3) is 0 Å². The van der Waals surface area contributed by atoms with Crippen LogP contribution in [0.5, 0.6) is 0 Å². The second-order valence-electron chi connectivity index (χ2n) is 5.88. The quantitative estimate of drug-likeness (QED) is 0.768. The van der Waals surface area contributed by atoms with Gasteiger partial charge < -0.3 is 0 Å². The van der Waals surface area contributed by atoms with Gasteiger partial charge in [-0.15, -0.1) is 0 Å². The van der Waals surface area contributed by atoms with E-state index < -0.39 is 0 Å². The highest BCUT2D eigenvalue weighted by atomic mass is 15.2. The zero-order valence-electron chi connectivity index (χ0n) is 12.6. The Bertz CT molecular complexity index is 392. The first-order valence-electron chi connectivity index (χ1n) is 7.78. The number of rotatable bonds is 6. The average molecular weight is 260 g/mol. The minimum Gasteiger partial charge on any atom is -0.299 e. The van der Waals surface area contributed by atoms with Gasteiger partial charge >= 0.3 is 0 Å². The normalized spacial score (nSPS) is 21.1. The molecule has 0 aliphatic heterocycles. The molecule has 1 aliphatic carbocycles. The van der Waals surface area contributed by atoms with Crippen molar-refractivity contribution in [1.29, 1.82) is 0 Å². The summed E-state index contributed by atoms with van der Waals surface area (Å²) in [6.45, 7) is 9.03. The Balaban J connectivity index is 2.22. The minimum atomic E-state index is 0.0837. The summed E-state index contributed by atoms with van der Waals surface area (Å²) >= 11 is 0. The van der Waals surface area contributed by atoms with Crippen LogP contribution in [0.1, 0.15) is 44.7 Å². The summed E-state index contributed by atoms with van der Waals surface area (Å²) in [5.41, 5.74) is 3.12. The van der Waals surface area contributed by atoms with Crippen LogP contribution >= 0.6 is 0 Å². The number of fused-ring (bicyclic) bond motifs is 1. The molecule has 0 fully saturated rings. The lowest BCUT2D eigenvalue weighted by atomic mass is 9.76. The first-order valence-corrected chi connectivity index (χ1v) is 7.78. The van der Waals surface area contributed by atoms with E-state index >= 15 is 0 Å². The van der Waals surface area contributed by atoms with Crippen LogP contribution in [0.3, 0.4) is 0 Å². The lowest BCUT2D eigenvalue weighted by Crippen LogP contribution is -2.64. The average Bonchev–Trinajstić information content (AvgIpc) is 2.43. The monoisotopic (exact) mass is 260 g/mol. The Labute approximate surface area is 118 Å². The first-order chi connectivity index (χ1) is 9.22. The predicted molar refractivity (Wildman–Crippen MR) is 82.3 cm³/mol. The summed E-state index contributed by atoms with van der Waals surface area (Å²) in [5.74, 6) is 0.625. The minimum absolute atomic E-state index is 0.0837. The van der Waals surface area contributed by atoms with Crippen LogP contribution in [-0.2, 0) is 12.8 Å². The van der Waals surface area contributed by atoms with Gasteiger partial charge in [-0.05, 0) is 49.4 Å². The summed E-state index contributed by atoms with van der Waals surface area (Å²) in [6, 6.07) is 8.91. The molecular weight excluding hydrogens is 232 g/mol. The molecule has 0 bridgehead atoms. The number of benzene rings is 1. The van der Waals surface area contributed by atoms with Gasteiger partial charge in [0.15, 0.2) is 0 Å². The van der Waals surface area contributed by atoms with Gasteiger partial charge in [-0.25, -0.2) is 0 Å². The molecule has 1 aliphatic rings. The van der Waals surface area contributed by atoms with Crippen molar-refractivity contribution in [2.75, 3.05) is 13.1 Å². The fraction of sp³-hybridized carbons (Fsp3) is 0.647. The van der Waals surface area contributed by atoms with Gasteiger partial charge in [0.25, 0.3) is 0 Å². The Kier molecular flexibility index (Phi) is 5.00. The highest BCUT2D eigenvalue weighted by Gasteiger charge is 2.38. The summed E-state index contributed by atoms with van der Waals surface area (Å²) in [7, 11) is 0. The Morgan fingerprint density at radius 2 is 1.63 bits per heavy atom. The van der Waals surface area contributed by atoms with Crippen molar-refractivity contribution in [3.8, 4) is 0 Å². The van der Waals surface area contributed by atoms with Gasteiger partial charge in [0.05, 0.1) is 5.66 Å². The fourth-order valence-corrected chi connectivity index (χ4v) is 3.14. The van der Waals surface area contributed by atoms with Crippen molar-refractivity contribution in [2.24, 2.45) is 5.92 Å². The molecule has 2 heteroatoms. The molecule has 0 spiro atoms. The molecule has 0 saturated heterocycles. The Hall–Kier alpha value is -0.860. The third-order valence-corrected chi connectivity index (χ3v) is 4.34. The lowest BCUT2D eigenvalue weighted by molar-refractivity contribution is 0.155. The molecule has 1 unspecified atom stereocenters. The van der Waals surface area contributed by atoms with Crippen molar-refractivity contribution in [1.82, 2.24) is 10.6 Å². The molecule has 2 N–H and O–H groups in total. The molecule has 0 amide bonds. The fourth-order valence-electron chi connectivity index (χ4n) is 3.14. The zero-order valence-corrected chi connectivity index (χ0v) is 12.6. The molecule has 19 heavy (non-hydrogen) atoms. The van der Waals surface area contributed by atoms with Gasteiger partial charge in [-0.3, -0.25) is 10.6 Å². The summed E-state index contributed by atoms with van der Waals surface area (Å²) in [5, 5.41) is 7.60. The number of hydrogen-bond acceptors (Lipinski definition) is 2. The van der Waals surface area contributed by atoms with Crippen LogP contribution in [0.2, 0.25) is 0 Å². The smallest absolute Gasteiger partial charge is 0.0758 e. The lowest BCUT2D eigenvalue weighted by Gasteiger charge is -2.45. The van der Waals surface area contributed by atoms with Gasteiger partial charge in [-0.2, -0.15) is 0 Å². The van der Waals surface area contributed by atoms with Gasteiger partial charge in [0, 0.05) is 6.42 Å². The van der Waals surface area contributed by atoms with Crippen LogP contribution in [-0.4, -0.2) is 18.8 Å². The maximum Gasteiger partial charge on any atom is 0.0758 e. The van der Waals surface area contributed by atoms with E-state index in [1.165, 1.54) is 30.4 Å². The van der Waals surface area contributed by atoms with Crippen molar-refractivity contribution < 1.29 is 0 Å². The molecule has 106 valence electrons.